The Labute approximate surface area is 167 Å². The zero-order chi connectivity index (χ0) is 20.0. The number of halogens is 1. The summed E-state index contributed by atoms with van der Waals surface area (Å²) in [4.78, 5) is 27.3. The fourth-order valence-electron chi connectivity index (χ4n) is 4.50. The molecule has 2 aromatic heterocycles. The van der Waals surface area contributed by atoms with E-state index in [1.165, 1.54) is 11.0 Å². The standard InChI is InChI=1S/C20H22FN7O/c1-13-17(21)8-22-20(25-13)27-11-14-9-26(10-15(14)12-27)19(29)16-4-2-3-5-18(16)28-23-6-7-24-28/h3,5-8,14-15H,2,4,9-12H2,1H3. The number of aryl methyl sites for hydroxylation is 1. The molecule has 0 bridgehead atoms. The fourth-order valence-corrected chi connectivity index (χ4v) is 4.50. The third kappa shape index (κ3) is 3.20. The molecule has 29 heavy (non-hydrogen) atoms. The summed E-state index contributed by atoms with van der Waals surface area (Å²) in [5.41, 5.74) is 1.90. The first-order chi connectivity index (χ1) is 14.1. The maximum Gasteiger partial charge on any atom is 0.252 e. The summed E-state index contributed by atoms with van der Waals surface area (Å²) >= 11 is 0. The number of allylic oxidation sites excluding steroid dienone is 3. The minimum atomic E-state index is -0.387. The van der Waals surface area contributed by atoms with Gasteiger partial charge in [-0.1, -0.05) is 6.08 Å². The van der Waals surface area contributed by atoms with Crippen molar-refractivity contribution in [2.24, 2.45) is 11.8 Å². The summed E-state index contributed by atoms with van der Waals surface area (Å²) in [5, 5.41) is 8.38. The number of likely N-dealkylation sites (tertiary alicyclic amines) is 1. The van der Waals surface area contributed by atoms with Gasteiger partial charge in [0, 0.05) is 43.6 Å². The van der Waals surface area contributed by atoms with Crippen LogP contribution in [0, 0.1) is 24.6 Å². The van der Waals surface area contributed by atoms with Crippen molar-refractivity contribution in [3.05, 3.63) is 47.8 Å². The number of carbonyl (C=O) groups excluding carboxylic acids is 1. The molecular weight excluding hydrogens is 373 g/mol. The van der Waals surface area contributed by atoms with Crippen molar-refractivity contribution < 1.29 is 9.18 Å². The molecule has 2 unspecified atom stereocenters. The molecule has 1 aliphatic carbocycles. The molecule has 4 heterocycles. The smallest absolute Gasteiger partial charge is 0.252 e. The zero-order valence-corrected chi connectivity index (χ0v) is 16.2. The number of amides is 1. The summed E-state index contributed by atoms with van der Waals surface area (Å²) in [6.45, 7) is 4.65. The van der Waals surface area contributed by atoms with Crippen LogP contribution in [0.1, 0.15) is 18.5 Å². The van der Waals surface area contributed by atoms with Gasteiger partial charge < -0.3 is 9.80 Å². The molecular formula is C20H22FN7O. The minimum absolute atomic E-state index is 0.0801. The number of fused-ring (bicyclic) bond motifs is 1. The first-order valence-corrected chi connectivity index (χ1v) is 9.90. The second-order valence-electron chi connectivity index (χ2n) is 7.86. The first kappa shape index (κ1) is 18.0. The summed E-state index contributed by atoms with van der Waals surface area (Å²) < 4.78 is 13.5. The third-order valence-electron chi connectivity index (χ3n) is 6.00. The highest BCUT2D eigenvalue weighted by atomic mass is 19.1. The van der Waals surface area contributed by atoms with E-state index in [1.807, 2.05) is 11.0 Å². The van der Waals surface area contributed by atoms with Gasteiger partial charge in [0.1, 0.15) is 0 Å². The van der Waals surface area contributed by atoms with Crippen LogP contribution in [0.5, 0.6) is 0 Å². The van der Waals surface area contributed by atoms with Crippen molar-refractivity contribution >= 4 is 17.6 Å². The molecule has 3 aliphatic rings. The van der Waals surface area contributed by atoms with Crippen LogP contribution >= 0.6 is 0 Å². The lowest BCUT2D eigenvalue weighted by Crippen LogP contribution is -2.35. The van der Waals surface area contributed by atoms with Gasteiger partial charge in [-0.15, -0.1) is 0 Å². The van der Waals surface area contributed by atoms with E-state index < -0.39 is 0 Å². The van der Waals surface area contributed by atoms with Crippen LogP contribution in [0.2, 0.25) is 0 Å². The van der Waals surface area contributed by atoms with Gasteiger partial charge >= 0.3 is 0 Å². The molecule has 150 valence electrons. The van der Waals surface area contributed by atoms with E-state index >= 15 is 0 Å². The van der Waals surface area contributed by atoms with E-state index in [0.717, 1.165) is 30.8 Å². The van der Waals surface area contributed by atoms with E-state index in [4.69, 9.17) is 0 Å². The van der Waals surface area contributed by atoms with Gasteiger partial charge in [-0.3, -0.25) is 4.79 Å². The summed E-state index contributed by atoms with van der Waals surface area (Å²) in [6.07, 6.45) is 10.0. The summed E-state index contributed by atoms with van der Waals surface area (Å²) in [6, 6.07) is 0. The van der Waals surface area contributed by atoms with Gasteiger partial charge in [0.05, 0.1) is 30.0 Å². The largest absolute Gasteiger partial charge is 0.340 e. The van der Waals surface area contributed by atoms with Crippen molar-refractivity contribution in [3.8, 4) is 0 Å². The van der Waals surface area contributed by atoms with Crippen LogP contribution in [0.3, 0.4) is 0 Å². The number of carbonyl (C=O) groups is 1. The highest BCUT2D eigenvalue weighted by molar-refractivity contribution is 6.00. The van der Waals surface area contributed by atoms with Crippen LogP contribution in [0.25, 0.3) is 5.70 Å². The maximum atomic E-state index is 13.5. The molecule has 0 N–H and O–H groups in total. The molecule has 0 saturated carbocycles. The molecule has 2 aliphatic heterocycles. The number of hydrogen-bond donors (Lipinski definition) is 0. The topological polar surface area (TPSA) is 80.0 Å². The van der Waals surface area contributed by atoms with E-state index in [-0.39, 0.29) is 11.7 Å². The Balaban J connectivity index is 1.30. The Morgan fingerprint density at radius 2 is 1.86 bits per heavy atom. The quantitative estimate of drug-likeness (QED) is 0.787. The monoisotopic (exact) mass is 395 g/mol. The Morgan fingerprint density at radius 3 is 2.55 bits per heavy atom. The van der Waals surface area contributed by atoms with E-state index in [9.17, 15) is 9.18 Å². The molecule has 5 rings (SSSR count). The van der Waals surface area contributed by atoms with Crippen LogP contribution in [0.15, 0.2) is 36.3 Å². The molecule has 0 radical (unpaired) electrons. The lowest BCUT2D eigenvalue weighted by molar-refractivity contribution is -0.126. The Morgan fingerprint density at radius 1 is 1.14 bits per heavy atom. The molecule has 0 spiro atoms. The lowest BCUT2D eigenvalue weighted by Gasteiger charge is -2.24. The van der Waals surface area contributed by atoms with Crippen LogP contribution < -0.4 is 4.90 Å². The van der Waals surface area contributed by atoms with Gasteiger partial charge in [0.2, 0.25) is 5.95 Å². The molecule has 0 aromatic carbocycles. The van der Waals surface area contributed by atoms with Gasteiger partial charge in [-0.25, -0.2) is 14.4 Å². The van der Waals surface area contributed by atoms with E-state index in [1.54, 1.807) is 19.3 Å². The van der Waals surface area contributed by atoms with Gasteiger partial charge in [-0.05, 0) is 25.8 Å². The van der Waals surface area contributed by atoms with E-state index in [0.29, 0.717) is 43.0 Å². The van der Waals surface area contributed by atoms with Crippen molar-refractivity contribution in [2.45, 2.75) is 19.8 Å². The van der Waals surface area contributed by atoms with Crippen LogP contribution in [0.4, 0.5) is 10.3 Å². The van der Waals surface area contributed by atoms with Crippen molar-refractivity contribution in [1.29, 1.82) is 0 Å². The van der Waals surface area contributed by atoms with Gasteiger partial charge in [-0.2, -0.15) is 15.0 Å². The Kier molecular flexibility index (Phi) is 4.37. The normalized spacial score (nSPS) is 23.8. The number of nitrogens with zero attached hydrogens (tertiary/aromatic N) is 7. The first-order valence-electron chi connectivity index (χ1n) is 9.90. The number of anilines is 1. The van der Waals surface area contributed by atoms with Gasteiger partial charge in [0.15, 0.2) is 5.82 Å². The fraction of sp³-hybridized carbons (Fsp3) is 0.450. The summed E-state index contributed by atoms with van der Waals surface area (Å²) in [7, 11) is 0. The molecule has 8 nitrogen and oxygen atoms in total. The van der Waals surface area contributed by atoms with Crippen molar-refractivity contribution in [3.63, 3.8) is 0 Å². The van der Waals surface area contributed by atoms with Crippen LogP contribution in [-0.4, -0.2) is 61.9 Å². The molecule has 9 heteroatoms. The lowest BCUT2D eigenvalue weighted by atomic mass is 10.0. The molecule has 2 atom stereocenters. The van der Waals surface area contributed by atoms with Crippen molar-refractivity contribution in [1.82, 2.24) is 29.9 Å². The second kappa shape index (κ2) is 7.06. The zero-order valence-electron chi connectivity index (χ0n) is 16.2. The summed E-state index contributed by atoms with van der Waals surface area (Å²) in [5.74, 6) is 1.01. The maximum absolute atomic E-state index is 13.5. The Hall–Kier alpha value is -3.10. The predicted molar refractivity (Wildman–Crippen MR) is 104 cm³/mol. The third-order valence-corrected chi connectivity index (χ3v) is 6.00. The highest BCUT2D eigenvalue weighted by Gasteiger charge is 2.43. The molecule has 1 amide bonds. The average molecular weight is 395 g/mol. The van der Waals surface area contributed by atoms with Gasteiger partial charge in [0.25, 0.3) is 5.91 Å². The highest BCUT2D eigenvalue weighted by Crippen LogP contribution is 2.34. The van der Waals surface area contributed by atoms with E-state index in [2.05, 4.69) is 31.1 Å². The number of rotatable bonds is 3. The SMILES string of the molecule is Cc1nc(N2CC3CN(C(=O)C4=C(n5nccn5)C=CCC4)CC3C2)ncc1F. The number of hydrogen-bond acceptors (Lipinski definition) is 6. The minimum Gasteiger partial charge on any atom is -0.340 e. The van der Waals surface area contributed by atoms with Crippen molar-refractivity contribution in [2.75, 3.05) is 31.1 Å². The van der Waals surface area contributed by atoms with Crippen LogP contribution in [-0.2, 0) is 4.79 Å². The second-order valence-corrected chi connectivity index (χ2v) is 7.86. The predicted octanol–water partition coefficient (Wildman–Crippen LogP) is 1.67. The number of aromatic nitrogens is 5. The molecule has 2 saturated heterocycles. The molecule has 2 fully saturated rings. The Bertz CT molecular complexity index is 986. The molecule has 2 aromatic rings. The average Bonchev–Trinajstić information content (AvgIpc) is 3.46.